The molecule has 2 aromatic heterocycles. The van der Waals surface area contributed by atoms with E-state index in [0.29, 0.717) is 0 Å². The van der Waals surface area contributed by atoms with E-state index in [4.69, 9.17) is 0 Å². The average Bonchev–Trinajstić information content (AvgIpc) is 3.41. The smallest absolute Gasteiger partial charge is 0.0542 e. The summed E-state index contributed by atoms with van der Waals surface area (Å²) < 4.78 is 5.78. The first-order valence-electron chi connectivity index (χ1n) is 14.0. The Balaban J connectivity index is 1.35. The molecule has 2 heterocycles. The molecule has 0 N–H and O–H groups in total. The van der Waals surface area contributed by atoms with Gasteiger partial charge in [-0.25, -0.2) is 0 Å². The summed E-state index contributed by atoms with van der Waals surface area (Å²) in [5.41, 5.74) is 2.97. The van der Waals surface area contributed by atoms with Crippen LogP contribution in [0.1, 0.15) is 76.3 Å². The number of aryl methyl sites for hydroxylation is 2. The summed E-state index contributed by atoms with van der Waals surface area (Å²) in [5, 5.41) is 8.39. The monoisotopic (exact) mass is 508 g/mol. The molecule has 0 aliphatic heterocycles. The molecule has 0 fully saturated rings. The Hall–Kier alpha value is -2.42. The van der Waals surface area contributed by atoms with Crippen LogP contribution in [0.4, 0.5) is 0 Å². The van der Waals surface area contributed by atoms with Gasteiger partial charge in [0.25, 0.3) is 0 Å². The van der Waals surface area contributed by atoms with Crippen molar-refractivity contribution in [3.63, 3.8) is 0 Å². The largest absolute Gasteiger partial charge is 0.134 e. The molecule has 0 radical (unpaired) electrons. The van der Waals surface area contributed by atoms with Gasteiger partial charge in [-0.05, 0) is 82.6 Å². The highest BCUT2D eigenvalue weighted by Gasteiger charge is 2.14. The van der Waals surface area contributed by atoms with Crippen molar-refractivity contribution in [1.29, 1.82) is 0 Å². The standard InChI is InChI=1S/C34H36S2/c1-3-5-7-9-11-23-13-15-25-19-29-31(21-27(25)17-23)35-34-30-20-26-16-14-24(12-10-8-6-4-2)18-28(26)22-32(30)36-33(29)34/h13-22H,3-12H2,1-2H3. The van der Waals surface area contributed by atoms with Gasteiger partial charge in [-0.2, -0.15) is 0 Å². The fourth-order valence-corrected chi connectivity index (χ4v) is 8.36. The van der Waals surface area contributed by atoms with Gasteiger partial charge >= 0.3 is 0 Å². The third kappa shape index (κ3) is 4.66. The van der Waals surface area contributed by atoms with E-state index in [1.807, 2.05) is 22.7 Å². The third-order valence-corrected chi connectivity index (χ3v) is 10.3. The molecule has 2 heteroatoms. The van der Waals surface area contributed by atoms with Gasteiger partial charge in [0, 0.05) is 20.2 Å². The Kier molecular flexibility index (Phi) is 7.00. The Labute approximate surface area is 222 Å². The molecule has 4 aromatic carbocycles. The summed E-state index contributed by atoms with van der Waals surface area (Å²) in [4.78, 5) is 0. The molecule has 0 amide bonds. The molecular formula is C34H36S2. The summed E-state index contributed by atoms with van der Waals surface area (Å²) in [7, 11) is 0. The number of fused-ring (bicyclic) bond motifs is 7. The number of rotatable bonds is 10. The first-order valence-corrected chi connectivity index (χ1v) is 15.6. The molecule has 184 valence electrons. The second-order valence-corrected chi connectivity index (χ2v) is 12.6. The fourth-order valence-electron chi connectivity index (χ4n) is 5.67. The Bertz CT molecular complexity index is 1540. The molecule has 0 unspecified atom stereocenters. The zero-order valence-electron chi connectivity index (χ0n) is 21.7. The van der Waals surface area contributed by atoms with Gasteiger partial charge in [0.05, 0.1) is 9.40 Å². The lowest BCUT2D eigenvalue weighted by Gasteiger charge is -2.05. The first kappa shape index (κ1) is 23.9. The van der Waals surface area contributed by atoms with Crippen molar-refractivity contribution in [3.05, 3.63) is 71.8 Å². The molecule has 0 aliphatic rings. The van der Waals surface area contributed by atoms with Crippen LogP contribution in [-0.4, -0.2) is 0 Å². The van der Waals surface area contributed by atoms with Crippen molar-refractivity contribution in [3.8, 4) is 0 Å². The van der Waals surface area contributed by atoms with Crippen LogP contribution in [-0.2, 0) is 12.8 Å². The summed E-state index contributed by atoms with van der Waals surface area (Å²) in [6, 6.07) is 24.0. The molecule has 0 bridgehead atoms. The highest BCUT2D eigenvalue weighted by molar-refractivity contribution is 7.36. The minimum atomic E-state index is 1.20. The van der Waals surface area contributed by atoms with E-state index in [0.717, 1.165) is 0 Å². The number of hydrogen-bond acceptors (Lipinski definition) is 2. The molecule has 0 aliphatic carbocycles. The van der Waals surface area contributed by atoms with Crippen LogP contribution in [0.2, 0.25) is 0 Å². The van der Waals surface area contributed by atoms with Gasteiger partial charge in [0.15, 0.2) is 0 Å². The van der Waals surface area contributed by atoms with Gasteiger partial charge in [0.1, 0.15) is 0 Å². The quantitative estimate of drug-likeness (QED) is 0.161. The Morgan fingerprint density at radius 2 is 0.944 bits per heavy atom. The summed E-state index contributed by atoms with van der Waals surface area (Å²) in [6.07, 6.45) is 13.0. The zero-order chi connectivity index (χ0) is 24.5. The number of hydrogen-bond donors (Lipinski definition) is 0. The predicted octanol–water partition coefficient (Wildman–Crippen LogP) is 11.8. The van der Waals surface area contributed by atoms with Crippen molar-refractivity contribution in [1.82, 2.24) is 0 Å². The number of thiophene rings is 2. The molecular weight excluding hydrogens is 473 g/mol. The van der Waals surface area contributed by atoms with Gasteiger partial charge in [-0.15, -0.1) is 22.7 Å². The SMILES string of the molecule is CCCCCCc1ccc2cc3c(cc2c1)sc1c2cc4ccc(CCCCCC)cc4cc2sc31. The van der Waals surface area contributed by atoms with Crippen molar-refractivity contribution >= 4 is 73.8 Å². The second-order valence-electron chi connectivity index (χ2n) is 10.5. The van der Waals surface area contributed by atoms with Crippen molar-refractivity contribution in [2.75, 3.05) is 0 Å². The molecule has 0 atom stereocenters. The van der Waals surface area contributed by atoms with Crippen molar-refractivity contribution < 1.29 is 0 Å². The van der Waals surface area contributed by atoms with Crippen LogP contribution in [0.3, 0.4) is 0 Å². The average molecular weight is 509 g/mol. The van der Waals surface area contributed by atoms with E-state index in [-0.39, 0.29) is 0 Å². The van der Waals surface area contributed by atoms with E-state index in [9.17, 15) is 0 Å². The van der Waals surface area contributed by atoms with Crippen molar-refractivity contribution in [2.24, 2.45) is 0 Å². The van der Waals surface area contributed by atoms with E-state index < -0.39 is 0 Å². The second kappa shape index (κ2) is 10.5. The van der Waals surface area contributed by atoms with Crippen LogP contribution in [0.25, 0.3) is 51.1 Å². The van der Waals surface area contributed by atoms with E-state index in [2.05, 4.69) is 74.5 Å². The molecule has 0 saturated carbocycles. The lowest BCUT2D eigenvalue weighted by Crippen LogP contribution is -1.86. The summed E-state index contributed by atoms with van der Waals surface area (Å²) in [5.74, 6) is 0. The minimum Gasteiger partial charge on any atom is -0.134 e. The maximum absolute atomic E-state index is 2.44. The van der Waals surface area contributed by atoms with Crippen LogP contribution in [0, 0.1) is 0 Å². The Morgan fingerprint density at radius 3 is 1.39 bits per heavy atom. The topological polar surface area (TPSA) is 0 Å². The molecule has 6 rings (SSSR count). The molecule has 0 spiro atoms. The van der Waals surface area contributed by atoms with Crippen LogP contribution >= 0.6 is 22.7 Å². The number of unbranched alkanes of at least 4 members (excludes halogenated alkanes) is 6. The third-order valence-electron chi connectivity index (χ3n) is 7.76. The van der Waals surface area contributed by atoms with E-state index in [1.54, 1.807) is 0 Å². The zero-order valence-corrected chi connectivity index (χ0v) is 23.3. The van der Waals surface area contributed by atoms with Crippen LogP contribution < -0.4 is 0 Å². The first-order chi connectivity index (χ1) is 17.7. The van der Waals surface area contributed by atoms with Gasteiger partial charge in [-0.3, -0.25) is 0 Å². The molecule has 0 nitrogen and oxygen atoms in total. The van der Waals surface area contributed by atoms with E-state index >= 15 is 0 Å². The van der Waals surface area contributed by atoms with Gasteiger partial charge in [-0.1, -0.05) is 88.8 Å². The highest BCUT2D eigenvalue weighted by atomic mass is 32.1. The van der Waals surface area contributed by atoms with Crippen LogP contribution in [0.5, 0.6) is 0 Å². The lowest BCUT2D eigenvalue weighted by atomic mass is 10.0. The van der Waals surface area contributed by atoms with Gasteiger partial charge < -0.3 is 0 Å². The minimum absolute atomic E-state index is 1.20. The number of benzene rings is 4. The maximum Gasteiger partial charge on any atom is 0.0542 e. The fraction of sp³-hybridized carbons (Fsp3) is 0.353. The van der Waals surface area contributed by atoms with E-state index in [1.165, 1.54) is 126 Å². The Morgan fingerprint density at radius 1 is 0.472 bits per heavy atom. The predicted molar refractivity (Wildman–Crippen MR) is 165 cm³/mol. The molecule has 0 saturated heterocycles. The maximum atomic E-state index is 2.44. The molecule has 6 aromatic rings. The summed E-state index contributed by atoms with van der Waals surface area (Å²) in [6.45, 7) is 4.57. The van der Waals surface area contributed by atoms with Crippen molar-refractivity contribution in [2.45, 2.75) is 78.1 Å². The highest BCUT2D eigenvalue weighted by Crippen LogP contribution is 2.46. The summed E-state index contributed by atoms with van der Waals surface area (Å²) >= 11 is 3.96. The van der Waals surface area contributed by atoms with Crippen LogP contribution in [0.15, 0.2) is 60.7 Å². The lowest BCUT2D eigenvalue weighted by molar-refractivity contribution is 0.667. The van der Waals surface area contributed by atoms with Gasteiger partial charge in [0.2, 0.25) is 0 Å². The molecule has 36 heavy (non-hydrogen) atoms. The normalized spacial score (nSPS) is 12.2.